The highest BCUT2D eigenvalue weighted by Gasteiger charge is 2.53. The number of carbonyl (C=O) groups excluding carboxylic acids is 3. The number of primary amides is 1. The number of nitrogens with one attached hydrogen (secondary N) is 2. The molecule has 1 aromatic heterocycles. The molecular weight excluding hydrogens is 386 g/mol. The molecule has 0 radical (unpaired) electrons. The van der Waals surface area contributed by atoms with Gasteiger partial charge in [-0.2, -0.15) is 0 Å². The smallest absolute Gasteiger partial charge is 0.270 e. The van der Waals surface area contributed by atoms with Crippen LogP contribution in [0.4, 0.5) is 0 Å². The number of hydrogen-bond acceptors (Lipinski definition) is 5. The predicted molar refractivity (Wildman–Crippen MR) is 109 cm³/mol. The number of carbonyl (C=O) groups is 3. The maximum Gasteiger partial charge on any atom is 0.270 e. The molecule has 0 bridgehead atoms. The highest BCUT2D eigenvalue weighted by Crippen LogP contribution is 2.48. The quantitative estimate of drug-likeness (QED) is 0.620. The average molecular weight is 418 g/mol. The molecule has 0 aromatic carbocycles. The summed E-state index contributed by atoms with van der Waals surface area (Å²) >= 11 is 0. The van der Waals surface area contributed by atoms with Gasteiger partial charge in [-0.15, -0.1) is 0 Å². The highest BCUT2D eigenvalue weighted by atomic mass is 16.5. The SMILES string of the molecule is NC(=O)CNC(=O)[C@@]12CC[C@H](N3CCOCC3)C[C@H]1CCN(C(=O)c1ccc[nH]1)C2. The molecule has 30 heavy (non-hydrogen) atoms. The number of rotatable bonds is 5. The number of ether oxygens (including phenoxy) is 1. The van der Waals surface area contributed by atoms with Gasteiger partial charge in [-0.05, 0) is 43.7 Å². The maximum atomic E-state index is 13.3. The molecule has 1 aromatic rings. The molecule has 3 heterocycles. The van der Waals surface area contributed by atoms with Gasteiger partial charge in [0.05, 0.1) is 25.2 Å². The minimum absolute atomic E-state index is 0.0872. The van der Waals surface area contributed by atoms with Crippen LogP contribution in [0.3, 0.4) is 0 Å². The lowest BCUT2D eigenvalue weighted by atomic mass is 9.60. The molecule has 3 amide bonds. The second-order valence-electron chi connectivity index (χ2n) is 8.68. The number of likely N-dealkylation sites (tertiary alicyclic amines) is 1. The van der Waals surface area contributed by atoms with E-state index in [-0.39, 0.29) is 24.3 Å². The van der Waals surface area contributed by atoms with E-state index in [1.54, 1.807) is 23.2 Å². The molecule has 9 heteroatoms. The van der Waals surface area contributed by atoms with Crippen molar-refractivity contribution in [3.63, 3.8) is 0 Å². The molecule has 3 fully saturated rings. The Kier molecular flexibility index (Phi) is 6.10. The molecule has 4 rings (SSSR count). The third-order valence-electron chi connectivity index (χ3n) is 7.04. The van der Waals surface area contributed by atoms with Crippen LogP contribution < -0.4 is 11.1 Å². The van der Waals surface area contributed by atoms with E-state index >= 15 is 0 Å². The van der Waals surface area contributed by atoms with Crippen molar-refractivity contribution in [1.29, 1.82) is 0 Å². The van der Waals surface area contributed by atoms with E-state index in [9.17, 15) is 14.4 Å². The van der Waals surface area contributed by atoms with E-state index in [1.807, 2.05) is 0 Å². The molecule has 9 nitrogen and oxygen atoms in total. The first kappa shape index (κ1) is 20.9. The molecule has 1 saturated carbocycles. The Bertz CT molecular complexity index is 776. The first-order valence-electron chi connectivity index (χ1n) is 10.8. The summed E-state index contributed by atoms with van der Waals surface area (Å²) in [4.78, 5) is 44.7. The summed E-state index contributed by atoms with van der Waals surface area (Å²) in [5.74, 6) is -0.639. The Balaban J connectivity index is 1.53. The largest absolute Gasteiger partial charge is 0.379 e. The third kappa shape index (κ3) is 4.09. The number of amides is 3. The zero-order chi connectivity index (χ0) is 21.1. The van der Waals surface area contributed by atoms with E-state index in [1.165, 1.54) is 0 Å². The topological polar surface area (TPSA) is 121 Å². The second kappa shape index (κ2) is 8.77. The van der Waals surface area contributed by atoms with Gasteiger partial charge in [0.15, 0.2) is 0 Å². The number of morpholine rings is 1. The van der Waals surface area contributed by atoms with Gasteiger partial charge in [-0.3, -0.25) is 19.3 Å². The standard InChI is InChI=1S/C21H31N5O4/c22-18(27)13-24-20(29)21-5-3-16(25-8-10-30-11-9-25)12-15(21)4-7-26(14-21)19(28)17-2-1-6-23-17/h1-2,6,15-16,23H,3-5,7-14H2,(H2,22,27)(H,24,29)/t15-,16+,21-/m1/s1. The average Bonchev–Trinajstić information content (AvgIpc) is 3.31. The van der Waals surface area contributed by atoms with Gasteiger partial charge < -0.3 is 25.7 Å². The van der Waals surface area contributed by atoms with Gasteiger partial charge in [0.25, 0.3) is 5.91 Å². The predicted octanol–water partition coefficient (Wildman–Crippen LogP) is -0.0506. The van der Waals surface area contributed by atoms with Crippen molar-refractivity contribution in [3.8, 4) is 0 Å². The van der Waals surface area contributed by atoms with Gasteiger partial charge >= 0.3 is 0 Å². The molecule has 2 saturated heterocycles. The van der Waals surface area contributed by atoms with Crippen LogP contribution in [0, 0.1) is 11.3 Å². The second-order valence-corrected chi connectivity index (χ2v) is 8.68. The lowest BCUT2D eigenvalue weighted by Gasteiger charge is -2.53. The Labute approximate surface area is 176 Å². The number of nitrogens with two attached hydrogens (primary N) is 1. The van der Waals surface area contributed by atoms with Crippen LogP contribution in [0.15, 0.2) is 18.3 Å². The van der Waals surface area contributed by atoms with Crippen LogP contribution in [0.5, 0.6) is 0 Å². The molecule has 3 atom stereocenters. The van der Waals surface area contributed by atoms with Gasteiger partial charge in [0, 0.05) is 38.4 Å². The molecule has 4 N–H and O–H groups in total. The number of piperidine rings is 1. The number of aromatic nitrogens is 1. The van der Waals surface area contributed by atoms with Crippen LogP contribution in [0.1, 0.15) is 36.2 Å². The van der Waals surface area contributed by atoms with E-state index < -0.39 is 11.3 Å². The molecular formula is C21H31N5O4. The van der Waals surface area contributed by atoms with Gasteiger partial charge in [-0.25, -0.2) is 0 Å². The van der Waals surface area contributed by atoms with Crippen molar-refractivity contribution in [1.82, 2.24) is 20.1 Å². The molecule has 0 spiro atoms. The van der Waals surface area contributed by atoms with Crippen molar-refractivity contribution in [3.05, 3.63) is 24.0 Å². The van der Waals surface area contributed by atoms with Crippen LogP contribution in [0.25, 0.3) is 0 Å². The summed E-state index contributed by atoms with van der Waals surface area (Å²) in [6.45, 7) is 4.18. The Morgan fingerprint density at radius 2 is 2.03 bits per heavy atom. The number of fused-ring (bicyclic) bond motifs is 1. The zero-order valence-electron chi connectivity index (χ0n) is 17.3. The van der Waals surface area contributed by atoms with Crippen LogP contribution in [-0.4, -0.2) is 84.5 Å². The Morgan fingerprint density at radius 3 is 2.73 bits per heavy atom. The fourth-order valence-electron chi connectivity index (χ4n) is 5.43. The number of H-pyrrole nitrogens is 1. The summed E-state index contributed by atoms with van der Waals surface area (Å²) in [5, 5.41) is 2.74. The number of nitrogens with zero attached hydrogens (tertiary/aromatic N) is 2. The van der Waals surface area contributed by atoms with Crippen LogP contribution in [0.2, 0.25) is 0 Å². The van der Waals surface area contributed by atoms with Crippen molar-refractivity contribution in [2.75, 3.05) is 45.9 Å². The fourth-order valence-corrected chi connectivity index (χ4v) is 5.43. The summed E-state index contributed by atoms with van der Waals surface area (Å²) < 4.78 is 5.49. The number of aromatic amines is 1. The molecule has 1 aliphatic carbocycles. The summed E-state index contributed by atoms with van der Waals surface area (Å²) in [6.07, 6.45) is 5.01. The molecule has 164 valence electrons. The minimum Gasteiger partial charge on any atom is -0.379 e. The lowest BCUT2D eigenvalue weighted by Crippen LogP contribution is -2.62. The van der Waals surface area contributed by atoms with E-state index in [0.29, 0.717) is 31.2 Å². The fraction of sp³-hybridized carbons (Fsp3) is 0.667. The summed E-state index contributed by atoms with van der Waals surface area (Å²) in [5.41, 5.74) is 5.10. The maximum absolute atomic E-state index is 13.3. The molecule has 0 unspecified atom stereocenters. The van der Waals surface area contributed by atoms with E-state index in [0.717, 1.165) is 45.6 Å². The van der Waals surface area contributed by atoms with Crippen molar-refractivity contribution in [2.24, 2.45) is 17.1 Å². The van der Waals surface area contributed by atoms with Gasteiger partial charge in [0.2, 0.25) is 11.8 Å². The first-order chi connectivity index (χ1) is 14.5. The highest BCUT2D eigenvalue weighted by molar-refractivity contribution is 5.94. The van der Waals surface area contributed by atoms with Crippen LogP contribution in [-0.2, 0) is 14.3 Å². The first-order valence-corrected chi connectivity index (χ1v) is 10.8. The summed E-state index contributed by atoms with van der Waals surface area (Å²) in [6, 6.07) is 3.98. The van der Waals surface area contributed by atoms with Gasteiger partial charge in [0.1, 0.15) is 5.69 Å². The summed E-state index contributed by atoms with van der Waals surface area (Å²) in [7, 11) is 0. The van der Waals surface area contributed by atoms with Crippen molar-refractivity contribution >= 4 is 17.7 Å². The zero-order valence-corrected chi connectivity index (χ0v) is 17.3. The Hall–Kier alpha value is -2.39. The Morgan fingerprint density at radius 1 is 1.23 bits per heavy atom. The van der Waals surface area contributed by atoms with Gasteiger partial charge in [-0.1, -0.05) is 0 Å². The normalized spacial score (nSPS) is 29.8. The van der Waals surface area contributed by atoms with Crippen LogP contribution >= 0.6 is 0 Å². The van der Waals surface area contributed by atoms with E-state index in [2.05, 4.69) is 15.2 Å². The van der Waals surface area contributed by atoms with E-state index in [4.69, 9.17) is 10.5 Å². The monoisotopic (exact) mass is 417 g/mol. The molecule has 3 aliphatic rings. The number of hydrogen-bond donors (Lipinski definition) is 3. The van der Waals surface area contributed by atoms with Crippen molar-refractivity contribution in [2.45, 2.75) is 31.7 Å². The van der Waals surface area contributed by atoms with Crippen molar-refractivity contribution < 1.29 is 19.1 Å². The minimum atomic E-state index is -0.682. The lowest BCUT2D eigenvalue weighted by molar-refractivity contribution is -0.144. The third-order valence-corrected chi connectivity index (χ3v) is 7.04. The molecule has 2 aliphatic heterocycles.